The summed E-state index contributed by atoms with van der Waals surface area (Å²) in [4.78, 5) is 14.0. The highest BCUT2D eigenvalue weighted by atomic mass is 16.2. The van der Waals surface area contributed by atoms with Gasteiger partial charge in [0.2, 0.25) is 5.91 Å². The molecule has 1 amide bonds. The van der Waals surface area contributed by atoms with Gasteiger partial charge in [-0.15, -0.1) is 0 Å². The van der Waals surface area contributed by atoms with Gasteiger partial charge in [-0.05, 0) is 27.2 Å². The summed E-state index contributed by atoms with van der Waals surface area (Å²) < 4.78 is 0. The zero-order chi connectivity index (χ0) is 12.3. The Hall–Kier alpha value is -0.610. The molecule has 0 aliphatic carbocycles. The van der Waals surface area contributed by atoms with E-state index in [1.54, 1.807) is 0 Å². The van der Waals surface area contributed by atoms with Gasteiger partial charge in [-0.2, -0.15) is 0 Å². The third-order valence-corrected chi connectivity index (χ3v) is 3.17. The van der Waals surface area contributed by atoms with Crippen LogP contribution >= 0.6 is 0 Å². The molecule has 0 radical (unpaired) electrons. The second-order valence-electron chi connectivity index (χ2n) is 5.43. The Morgan fingerprint density at radius 3 is 2.50 bits per heavy atom. The van der Waals surface area contributed by atoms with Crippen LogP contribution in [0.2, 0.25) is 0 Å². The Labute approximate surface area is 98.6 Å². The molecular weight excluding hydrogens is 202 g/mol. The van der Waals surface area contributed by atoms with Gasteiger partial charge in [-0.1, -0.05) is 13.3 Å². The average molecular weight is 227 g/mol. The highest BCUT2D eigenvalue weighted by Crippen LogP contribution is 2.20. The van der Waals surface area contributed by atoms with Crippen LogP contribution in [0.15, 0.2) is 0 Å². The summed E-state index contributed by atoms with van der Waals surface area (Å²) in [6.45, 7) is 9.77. The van der Waals surface area contributed by atoms with Crippen LogP contribution in [0.3, 0.4) is 0 Å². The van der Waals surface area contributed by atoms with Gasteiger partial charge in [0.1, 0.15) is 0 Å². The second kappa shape index (κ2) is 5.15. The fraction of sp³-hybridized carbons (Fsp3) is 0.917. The third-order valence-electron chi connectivity index (χ3n) is 3.17. The van der Waals surface area contributed by atoms with Crippen molar-refractivity contribution in [1.82, 2.24) is 10.2 Å². The first kappa shape index (κ1) is 13.5. The van der Waals surface area contributed by atoms with E-state index >= 15 is 0 Å². The van der Waals surface area contributed by atoms with Crippen LogP contribution in [-0.2, 0) is 4.79 Å². The Kier molecular flexibility index (Phi) is 4.33. The molecule has 1 aliphatic heterocycles. The minimum atomic E-state index is -0.108. The van der Waals surface area contributed by atoms with Crippen LogP contribution in [0.25, 0.3) is 0 Å². The lowest BCUT2D eigenvalue weighted by Crippen LogP contribution is -2.69. The van der Waals surface area contributed by atoms with Crippen molar-refractivity contribution in [3.05, 3.63) is 0 Å². The molecule has 0 aromatic heterocycles. The van der Waals surface area contributed by atoms with Gasteiger partial charge >= 0.3 is 0 Å². The molecule has 1 heterocycles. The highest BCUT2D eigenvalue weighted by Gasteiger charge is 2.39. The summed E-state index contributed by atoms with van der Waals surface area (Å²) in [6.07, 6.45) is 2.13. The fourth-order valence-corrected chi connectivity index (χ4v) is 2.19. The van der Waals surface area contributed by atoms with E-state index in [4.69, 9.17) is 5.73 Å². The number of rotatable bonds is 5. The molecule has 2 unspecified atom stereocenters. The first-order valence-electron chi connectivity index (χ1n) is 6.19. The SMILES string of the molecule is CCCC(C)NC(=O)C(C)N1CC(C)(N)C1. The molecule has 0 saturated carbocycles. The van der Waals surface area contributed by atoms with Gasteiger partial charge < -0.3 is 11.1 Å². The van der Waals surface area contributed by atoms with E-state index in [1.165, 1.54) is 0 Å². The first-order valence-corrected chi connectivity index (χ1v) is 6.19. The molecule has 0 spiro atoms. The number of hydrogen-bond donors (Lipinski definition) is 2. The molecule has 4 heteroatoms. The van der Waals surface area contributed by atoms with Gasteiger partial charge in [0.15, 0.2) is 0 Å². The summed E-state index contributed by atoms with van der Waals surface area (Å²) in [5.74, 6) is 0.122. The third kappa shape index (κ3) is 3.46. The summed E-state index contributed by atoms with van der Waals surface area (Å²) in [5.41, 5.74) is 5.82. The summed E-state index contributed by atoms with van der Waals surface area (Å²) >= 11 is 0. The monoisotopic (exact) mass is 227 g/mol. The molecule has 3 N–H and O–H groups in total. The predicted octanol–water partition coefficient (Wildman–Crippen LogP) is 0.713. The lowest BCUT2D eigenvalue weighted by Gasteiger charge is -2.48. The number of nitrogens with two attached hydrogens (primary N) is 1. The molecule has 1 fully saturated rings. The van der Waals surface area contributed by atoms with Crippen molar-refractivity contribution >= 4 is 5.91 Å². The van der Waals surface area contributed by atoms with Crippen LogP contribution < -0.4 is 11.1 Å². The van der Waals surface area contributed by atoms with Gasteiger partial charge in [-0.3, -0.25) is 9.69 Å². The van der Waals surface area contributed by atoms with E-state index < -0.39 is 0 Å². The largest absolute Gasteiger partial charge is 0.352 e. The van der Waals surface area contributed by atoms with Crippen molar-refractivity contribution in [2.75, 3.05) is 13.1 Å². The van der Waals surface area contributed by atoms with E-state index in [2.05, 4.69) is 24.1 Å². The highest BCUT2D eigenvalue weighted by molar-refractivity contribution is 5.81. The van der Waals surface area contributed by atoms with Crippen LogP contribution in [-0.4, -0.2) is 41.5 Å². The molecule has 1 rings (SSSR count). The van der Waals surface area contributed by atoms with Crippen molar-refractivity contribution in [3.63, 3.8) is 0 Å². The number of likely N-dealkylation sites (tertiary alicyclic amines) is 1. The summed E-state index contributed by atoms with van der Waals surface area (Å²) in [6, 6.07) is 0.210. The number of carbonyl (C=O) groups excluding carboxylic acids is 1. The van der Waals surface area contributed by atoms with Crippen LogP contribution in [0.4, 0.5) is 0 Å². The van der Waals surface area contributed by atoms with Crippen LogP contribution in [0.5, 0.6) is 0 Å². The Morgan fingerprint density at radius 2 is 2.06 bits per heavy atom. The topological polar surface area (TPSA) is 58.4 Å². The fourth-order valence-electron chi connectivity index (χ4n) is 2.19. The van der Waals surface area contributed by atoms with Crippen LogP contribution in [0, 0.1) is 0 Å². The maximum atomic E-state index is 11.9. The normalized spacial score (nSPS) is 23.3. The van der Waals surface area contributed by atoms with Crippen molar-refractivity contribution in [3.8, 4) is 0 Å². The molecule has 0 aromatic carbocycles. The average Bonchev–Trinajstić information content (AvgIpc) is 2.13. The van der Waals surface area contributed by atoms with Gasteiger partial charge in [0, 0.05) is 24.7 Å². The minimum Gasteiger partial charge on any atom is -0.352 e. The van der Waals surface area contributed by atoms with E-state index in [9.17, 15) is 4.79 Å². The quantitative estimate of drug-likeness (QED) is 0.727. The summed E-state index contributed by atoms with van der Waals surface area (Å²) in [5, 5.41) is 3.04. The lowest BCUT2D eigenvalue weighted by atomic mass is 9.92. The molecular formula is C12H25N3O. The van der Waals surface area contributed by atoms with E-state index in [0.29, 0.717) is 0 Å². The smallest absolute Gasteiger partial charge is 0.237 e. The number of amides is 1. The van der Waals surface area contributed by atoms with E-state index in [1.807, 2.05) is 13.8 Å². The van der Waals surface area contributed by atoms with Crippen LogP contribution in [0.1, 0.15) is 40.5 Å². The Morgan fingerprint density at radius 1 is 1.50 bits per heavy atom. The summed E-state index contributed by atoms with van der Waals surface area (Å²) in [7, 11) is 0. The van der Waals surface area contributed by atoms with Gasteiger partial charge in [0.05, 0.1) is 6.04 Å². The molecule has 0 bridgehead atoms. The zero-order valence-electron chi connectivity index (χ0n) is 10.9. The molecule has 2 atom stereocenters. The Bertz CT molecular complexity index is 245. The Balaban J connectivity index is 2.32. The van der Waals surface area contributed by atoms with Crippen molar-refractivity contribution in [2.24, 2.45) is 5.73 Å². The van der Waals surface area contributed by atoms with E-state index in [0.717, 1.165) is 25.9 Å². The standard InChI is InChI=1S/C12H25N3O/c1-5-6-9(2)14-11(16)10(3)15-7-12(4,13)8-15/h9-10H,5-8,13H2,1-4H3,(H,14,16). The minimum absolute atomic E-state index is 0.0593. The number of nitrogens with zero attached hydrogens (tertiary/aromatic N) is 1. The predicted molar refractivity (Wildman–Crippen MR) is 66.1 cm³/mol. The second-order valence-corrected chi connectivity index (χ2v) is 5.43. The van der Waals surface area contributed by atoms with Gasteiger partial charge in [0.25, 0.3) is 0 Å². The van der Waals surface area contributed by atoms with Gasteiger partial charge in [-0.25, -0.2) is 0 Å². The molecule has 1 aliphatic rings. The number of hydrogen-bond acceptors (Lipinski definition) is 3. The molecule has 4 nitrogen and oxygen atoms in total. The maximum absolute atomic E-state index is 11.9. The molecule has 16 heavy (non-hydrogen) atoms. The lowest BCUT2D eigenvalue weighted by molar-refractivity contribution is -0.129. The number of nitrogens with one attached hydrogen (secondary N) is 1. The van der Waals surface area contributed by atoms with E-state index in [-0.39, 0.29) is 23.5 Å². The first-order chi connectivity index (χ1) is 7.35. The van der Waals surface area contributed by atoms with Crippen molar-refractivity contribution in [2.45, 2.75) is 58.2 Å². The number of carbonyl (C=O) groups is 1. The van der Waals surface area contributed by atoms with Crippen molar-refractivity contribution < 1.29 is 4.79 Å². The zero-order valence-corrected chi connectivity index (χ0v) is 10.9. The molecule has 94 valence electrons. The molecule has 1 saturated heterocycles. The maximum Gasteiger partial charge on any atom is 0.237 e. The van der Waals surface area contributed by atoms with Crippen molar-refractivity contribution in [1.29, 1.82) is 0 Å². The molecule has 0 aromatic rings.